The Bertz CT molecular complexity index is 4540. The summed E-state index contributed by atoms with van der Waals surface area (Å²) in [4.78, 5) is 30.5. The SMILES string of the molecule is COC(=O)[C@@H](CCCN=C(N)NS(=O)(=O)c1cc2c(c(C)c1C)OC(C)(C)CC2)NS(=O)(=O)c1cc(F)c(Oc2ccc(F)cc2)c(F)c1.Cc1c(C)c(S(=O)(=O)NC(N)=NCCC[C@@H](NS(=O)(=O)c2cc(F)c(Oc3ccc(F)cc3)c(F)c2)C(=O)O)c(C)c2c1OC(C)(C)CC2. The maximum Gasteiger partial charge on any atom is 0.323 e. The predicted molar refractivity (Wildman–Crippen MR) is 348 cm³/mol. The van der Waals surface area contributed by atoms with Crippen LogP contribution in [-0.2, 0) is 67.3 Å². The van der Waals surface area contributed by atoms with E-state index in [1.54, 1.807) is 40.7 Å². The molecule has 0 radical (unpaired) electrons. The first kappa shape index (κ1) is 76.7. The Kier molecular flexibility index (Phi) is 23.9. The van der Waals surface area contributed by atoms with Gasteiger partial charge in [0.05, 0.1) is 26.7 Å². The molecule has 0 unspecified atom stereocenters. The van der Waals surface area contributed by atoms with Crippen LogP contribution >= 0.6 is 0 Å². The second-order valence-corrected chi connectivity index (χ2v) is 30.8. The van der Waals surface area contributed by atoms with Gasteiger partial charge in [-0.3, -0.25) is 19.6 Å². The molecule has 532 valence electrons. The molecule has 0 saturated heterocycles. The molecule has 2 atom stereocenters. The molecule has 0 bridgehead atoms. The Morgan fingerprint density at radius 2 is 0.969 bits per heavy atom. The fraction of sp³-hybridized carbons (Fsp3) is 0.375. The number of methoxy groups -OCH3 is 1. The number of aliphatic imine (C=N–C) groups is 2. The number of carbonyl (C=O) groups is 2. The summed E-state index contributed by atoms with van der Waals surface area (Å²) in [6, 6.07) is 8.67. The summed E-state index contributed by atoms with van der Waals surface area (Å²) in [5, 5.41) is 9.61. The molecule has 34 heteroatoms. The largest absolute Gasteiger partial charge is 0.487 e. The highest BCUT2D eigenvalue weighted by atomic mass is 32.2. The number of nitrogens with zero attached hydrogens (tertiary/aromatic N) is 2. The Balaban J connectivity index is 0.000000276. The fourth-order valence-corrected chi connectivity index (χ4v) is 15.7. The van der Waals surface area contributed by atoms with E-state index in [-0.39, 0.29) is 65.7 Å². The average molecular weight is 1450 g/mol. The second kappa shape index (κ2) is 30.6. The van der Waals surface area contributed by atoms with E-state index in [9.17, 15) is 74.7 Å². The van der Waals surface area contributed by atoms with Crippen LogP contribution in [0.1, 0.15) is 105 Å². The number of aryl methyl sites for hydroxylation is 1. The van der Waals surface area contributed by atoms with Crippen LogP contribution in [-0.4, -0.2) is 106 Å². The van der Waals surface area contributed by atoms with Crippen molar-refractivity contribution in [3.8, 4) is 34.5 Å². The lowest BCUT2D eigenvalue weighted by atomic mass is 9.88. The monoisotopic (exact) mass is 1450 g/mol. The normalized spacial score (nSPS) is 15.2. The van der Waals surface area contributed by atoms with Gasteiger partial charge >= 0.3 is 11.9 Å². The van der Waals surface area contributed by atoms with Gasteiger partial charge in [-0.15, -0.1) is 0 Å². The van der Waals surface area contributed by atoms with E-state index in [1.165, 1.54) is 0 Å². The average Bonchev–Trinajstić information content (AvgIpc) is 0.751. The predicted octanol–water partition coefficient (Wildman–Crippen LogP) is 9.24. The number of aliphatic carboxylic acids is 1. The number of sulfonamides is 4. The van der Waals surface area contributed by atoms with Gasteiger partial charge in [-0.1, -0.05) is 0 Å². The van der Waals surface area contributed by atoms with Crippen molar-refractivity contribution >= 4 is 64.0 Å². The molecule has 8 rings (SSSR count). The number of carboxylic acid groups (broad SMARTS) is 1. The minimum Gasteiger partial charge on any atom is -0.487 e. The summed E-state index contributed by atoms with van der Waals surface area (Å²) in [6.45, 7) is 16.1. The smallest absolute Gasteiger partial charge is 0.323 e. The molecule has 24 nitrogen and oxygen atoms in total. The van der Waals surface area contributed by atoms with E-state index in [0.717, 1.165) is 66.8 Å². The summed E-state index contributed by atoms with van der Waals surface area (Å²) >= 11 is 0. The number of nitrogens with one attached hydrogen (secondary N) is 4. The number of rotatable bonds is 24. The lowest BCUT2D eigenvalue weighted by molar-refractivity contribution is -0.143. The summed E-state index contributed by atoms with van der Waals surface area (Å²) in [5.74, 6) is -11.0. The van der Waals surface area contributed by atoms with Crippen molar-refractivity contribution in [1.82, 2.24) is 18.9 Å². The van der Waals surface area contributed by atoms with Crippen LogP contribution in [0, 0.1) is 69.5 Å². The van der Waals surface area contributed by atoms with Gasteiger partial charge in [0.15, 0.2) is 34.8 Å². The molecule has 2 aliphatic rings. The molecule has 0 aliphatic carbocycles. The molecule has 2 aliphatic heterocycles. The number of esters is 1. The van der Waals surface area contributed by atoms with E-state index in [0.29, 0.717) is 89.3 Å². The van der Waals surface area contributed by atoms with E-state index < -0.39 is 138 Å². The van der Waals surface area contributed by atoms with E-state index in [2.05, 4.69) is 28.9 Å². The molecule has 0 saturated carbocycles. The zero-order chi connectivity index (χ0) is 72.8. The quantitative estimate of drug-likeness (QED) is 0.00975. The number of benzene rings is 6. The van der Waals surface area contributed by atoms with Gasteiger partial charge in [-0.2, -0.15) is 9.44 Å². The number of nitrogens with two attached hydrogens (primary N) is 2. The van der Waals surface area contributed by atoms with Crippen LogP contribution in [0.25, 0.3) is 0 Å². The summed E-state index contributed by atoms with van der Waals surface area (Å²) in [5.41, 5.74) is 15.4. The van der Waals surface area contributed by atoms with Crippen LogP contribution in [0.4, 0.5) is 26.3 Å². The topological polar surface area (TPSA) is 362 Å². The van der Waals surface area contributed by atoms with Crippen LogP contribution in [0.3, 0.4) is 0 Å². The molecule has 0 fully saturated rings. The Hall–Kier alpha value is -8.70. The Morgan fingerprint density at radius 3 is 1.42 bits per heavy atom. The number of carboxylic acids is 1. The molecule has 98 heavy (non-hydrogen) atoms. The zero-order valence-electron chi connectivity index (χ0n) is 54.8. The van der Waals surface area contributed by atoms with Gasteiger partial charge in [0.25, 0.3) is 20.0 Å². The summed E-state index contributed by atoms with van der Waals surface area (Å²) in [7, 11) is -16.7. The molecular formula is C64H74F6N8O16S4. The van der Waals surface area contributed by atoms with Crippen molar-refractivity contribution in [2.75, 3.05) is 20.2 Å². The molecular weight excluding hydrogens is 1380 g/mol. The van der Waals surface area contributed by atoms with E-state index >= 15 is 0 Å². The highest BCUT2D eigenvalue weighted by Crippen LogP contribution is 2.43. The highest BCUT2D eigenvalue weighted by molar-refractivity contribution is 7.90. The first-order valence-corrected chi connectivity index (χ1v) is 36.0. The molecule has 0 aromatic heterocycles. The second-order valence-electron chi connectivity index (χ2n) is 24.1. The van der Waals surface area contributed by atoms with Gasteiger partial charge < -0.3 is 40.3 Å². The number of halogens is 6. The van der Waals surface area contributed by atoms with Gasteiger partial charge in [0, 0.05) is 13.1 Å². The number of carbonyl (C=O) groups excluding carboxylic acids is 1. The lowest BCUT2D eigenvalue weighted by Crippen LogP contribution is -2.41. The fourth-order valence-electron chi connectivity index (χ4n) is 10.4. The van der Waals surface area contributed by atoms with Crippen molar-refractivity contribution in [3.05, 3.63) is 153 Å². The number of guanidine groups is 2. The Morgan fingerprint density at radius 1 is 0.561 bits per heavy atom. The minimum absolute atomic E-state index is 0.0159. The molecule has 0 spiro atoms. The third kappa shape index (κ3) is 18.9. The van der Waals surface area contributed by atoms with Gasteiger partial charge in [-0.05, 0) is 231 Å². The first-order valence-electron chi connectivity index (χ1n) is 30.0. The van der Waals surface area contributed by atoms with Crippen LogP contribution in [0.15, 0.2) is 108 Å². The van der Waals surface area contributed by atoms with E-state index in [1.807, 2.05) is 32.4 Å². The minimum atomic E-state index is -4.75. The standard InChI is InChI=1S/2C32H37F3N4O8S2/c1-18-19(2)28-20(12-13-32(3,4)47-28)15-27(18)49(43,44)39-31(36)37-14-6-7-26(30(40)45-5)38-48(41,42)23-16-24(34)29(25(35)17-23)46-22-10-8-21(33)9-11-22;1-17-18(2)29(19(3)23-12-13-32(4,5)47-27(17)23)49(44,45)39-31(36)37-14-6-7-26(30(40)41)38-48(42,43)22-15-24(34)28(25(35)16-22)46-21-10-8-20(33)9-11-21/h8-11,15-17,26,38H,6-7,12-14H2,1-5H3,(H3,36,37,39);8-11,15-16,26,38H,6-7,12-14H2,1-5H3,(H,40,41)(H3,36,37,39)/t2*26-/m11/s1. The molecule has 2 heterocycles. The molecule has 9 N–H and O–H groups in total. The zero-order valence-corrected chi connectivity index (χ0v) is 58.0. The first-order chi connectivity index (χ1) is 45.5. The maximum atomic E-state index is 14.8. The molecule has 0 amide bonds. The summed E-state index contributed by atoms with van der Waals surface area (Å²) in [6.07, 6.45) is 2.05. The van der Waals surface area contributed by atoms with Gasteiger partial charge in [-0.25, -0.2) is 69.5 Å². The van der Waals surface area contributed by atoms with Crippen molar-refractivity contribution in [3.63, 3.8) is 0 Å². The third-order valence-electron chi connectivity index (χ3n) is 15.8. The Labute approximate surface area is 563 Å². The molecule has 6 aromatic rings. The number of hydrogen-bond acceptors (Lipinski definition) is 17. The molecule has 6 aromatic carbocycles. The van der Waals surface area contributed by atoms with Crippen LogP contribution in [0.5, 0.6) is 34.5 Å². The number of ether oxygens (including phenoxy) is 5. The van der Waals surface area contributed by atoms with Crippen LogP contribution < -0.4 is 49.3 Å². The third-order valence-corrected chi connectivity index (χ3v) is 21.8. The number of hydrogen-bond donors (Lipinski definition) is 7. The van der Waals surface area contributed by atoms with Crippen molar-refractivity contribution in [2.45, 2.75) is 157 Å². The number of fused-ring (bicyclic) bond motifs is 2. The van der Waals surface area contributed by atoms with Gasteiger partial charge in [0.2, 0.25) is 32.0 Å². The lowest BCUT2D eigenvalue weighted by Gasteiger charge is -2.35. The van der Waals surface area contributed by atoms with E-state index in [4.69, 9.17) is 30.4 Å². The van der Waals surface area contributed by atoms with Crippen molar-refractivity contribution in [1.29, 1.82) is 0 Å². The summed E-state index contributed by atoms with van der Waals surface area (Å²) < 4.78 is 226. The van der Waals surface area contributed by atoms with Crippen LogP contribution in [0.2, 0.25) is 0 Å². The van der Waals surface area contributed by atoms with Gasteiger partial charge in [0.1, 0.15) is 57.9 Å². The van der Waals surface area contributed by atoms with Crippen molar-refractivity contribution < 1.29 is 98.4 Å². The maximum absolute atomic E-state index is 14.8. The highest BCUT2D eigenvalue weighted by Gasteiger charge is 2.36. The van der Waals surface area contributed by atoms with Crippen molar-refractivity contribution in [2.24, 2.45) is 21.5 Å².